The van der Waals surface area contributed by atoms with E-state index in [4.69, 9.17) is 11.6 Å². The second kappa shape index (κ2) is 4.02. The first kappa shape index (κ1) is 11.9. The Hall–Kier alpha value is -0.580. The van der Waals surface area contributed by atoms with Crippen LogP contribution in [0.2, 0.25) is 5.02 Å². The summed E-state index contributed by atoms with van der Waals surface area (Å²) in [5, 5.41) is 3.61. The lowest BCUT2D eigenvalue weighted by Gasteiger charge is -2.25. The Labute approximate surface area is 101 Å². The minimum atomic E-state index is -3.24. The second-order valence-corrected chi connectivity index (χ2v) is 6.61. The topological polar surface area (TPSA) is 46.2 Å². The molecule has 16 heavy (non-hydrogen) atoms. The molecule has 1 heterocycles. The zero-order chi connectivity index (χ0) is 11.9. The predicted octanol–water partition coefficient (Wildman–Crippen LogP) is 1.95. The molecule has 0 saturated heterocycles. The van der Waals surface area contributed by atoms with E-state index in [1.54, 1.807) is 6.07 Å². The van der Waals surface area contributed by atoms with E-state index >= 15 is 0 Å². The predicted molar refractivity (Wildman–Crippen MR) is 64.7 cm³/mol. The molecule has 1 aromatic rings. The molecule has 0 bridgehead atoms. The van der Waals surface area contributed by atoms with Crippen LogP contribution in [0, 0.1) is 0 Å². The average Bonchev–Trinajstić information content (AvgIpc) is 2.18. The summed E-state index contributed by atoms with van der Waals surface area (Å²) in [6.45, 7) is 3.64. The maximum Gasteiger partial charge on any atom is 0.177 e. The summed E-state index contributed by atoms with van der Waals surface area (Å²) >= 11 is 6.16. The molecule has 3 nitrogen and oxygen atoms in total. The van der Waals surface area contributed by atoms with Gasteiger partial charge in [-0.05, 0) is 23.1 Å². The van der Waals surface area contributed by atoms with Crippen LogP contribution in [0.5, 0.6) is 0 Å². The van der Waals surface area contributed by atoms with Gasteiger partial charge in [0.25, 0.3) is 0 Å². The van der Waals surface area contributed by atoms with Gasteiger partial charge in [0, 0.05) is 19.3 Å². The maximum atomic E-state index is 11.5. The van der Waals surface area contributed by atoms with Crippen molar-refractivity contribution in [3.63, 3.8) is 0 Å². The minimum absolute atomic E-state index is 0.226. The summed E-state index contributed by atoms with van der Waals surface area (Å²) in [5.74, 6) is 0.370. The molecule has 1 unspecified atom stereocenters. The van der Waals surface area contributed by atoms with Crippen LogP contribution in [0.15, 0.2) is 17.0 Å². The van der Waals surface area contributed by atoms with Crippen molar-refractivity contribution in [2.75, 3.05) is 12.8 Å². The highest BCUT2D eigenvalue weighted by Gasteiger charge is 2.23. The average molecular weight is 260 g/mol. The number of sulfone groups is 1. The Morgan fingerprint density at radius 3 is 2.75 bits per heavy atom. The number of hydrogen-bond donors (Lipinski definition) is 1. The number of rotatable bonds is 1. The molecule has 1 atom stereocenters. The Morgan fingerprint density at radius 1 is 1.44 bits per heavy atom. The molecule has 0 aromatic heterocycles. The van der Waals surface area contributed by atoms with Crippen LogP contribution in [0.1, 0.15) is 24.0 Å². The lowest BCUT2D eigenvalue weighted by Crippen LogP contribution is -2.27. The summed E-state index contributed by atoms with van der Waals surface area (Å²) in [7, 11) is -3.24. The summed E-state index contributed by atoms with van der Waals surface area (Å²) in [6, 6.07) is 3.49. The highest BCUT2D eigenvalue weighted by molar-refractivity contribution is 7.90. The maximum absolute atomic E-state index is 11.5. The Bertz CT molecular complexity index is 525. The van der Waals surface area contributed by atoms with E-state index in [0.717, 1.165) is 17.7 Å². The van der Waals surface area contributed by atoms with Crippen LogP contribution in [-0.2, 0) is 16.4 Å². The monoisotopic (exact) mass is 259 g/mol. The van der Waals surface area contributed by atoms with Gasteiger partial charge in [0.15, 0.2) is 9.84 Å². The Morgan fingerprint density at radius 2 is 2.12 bits per heavy atom. The smallest absolute Gasteiger partial charge is 0.177 e. The molecule has 1 aromatic carbocycles. The van der Waals surface area contributed by atoms with Gasteiger partial charge in [-0.2, -0.15) is 0 Å². The van der Waals surface area contributed by atoms with Crippen molar-refractivity contribution in [1.29, 1.82) is 0 Å². The standard InChI is InChI=1S/C11H14ClNO2S/c1-7-5-13-6-9-8(7)3-4-10(11(9)12)16(2,14)15/h3-4,7,13H,5-6H2,1-2H3. The largest absolute Gasteiger partial charge is 0.312 e. The molecule has 5 heteroatoms. The minimum Gasteiger partial charge on any atom is -0.312 e. The third kappa shape index (κ3) is 1.97. The van der Waals surface area contributed by atoms with Gasteiger partial charge < -0.3 is 5.32 Å². The van der Waals surface area contributed by atoms with Crippen LogP contribution >= 0.6 is 11.6 Å². The lowest BCUT2D eigenvalue weighted by molar-refractivity contribution is 0.568. The van der Waals surface area contributed by atoms with Gasteiger partial charge in [0.2, 0.25) is 0 Å². The molecule has 1 aliphatic heterocycles. The van der Waals surface area contributed by atoms with E-state index in [1.165, 1.54) is 6.26 Å². The molecule has 0 fully saturated rings. The van der Waals surface area contributed by atoms with E-state index in [0.29, 0.717) is 17.5 Å². The fourth-order valence-corrected chi connectivity index (χ4v) is 3.49. The van der Waals surface area contributed by atoms with Crippen molar-refractivity contribution in [1.82, 2.24) is 5.32 Å². The summed E-state index contributed by atoms with van der Waals surface area (Å²) in [4.78, 5) is 0.226. The zero-order valence-electron chi connectivity index (χ0n) is 9.25. The van der Waals surface area contributed by atoms with Crippen molar-refractivity contribution < 1.29 is 8.42 Å². The van der Waals surface area contributed by atoms with Crippen LogP contribution in [-0.4, -0.2) is 21.2 Å². The molecule has 1 aliphatic rings. The van der Waals surface area contributed by atoms with Gasteiger partial charge in [-0.15, -0.1) is 0 Å². The Kier molecular flexibility index (Phi) is 2.99. The summed E-state index contributed by atoms with van der Waals surface area (Å²) in [5.41, 5.74) is 2.07. The van der Waals surface area contributed by atoms with Gasteiger partial charge in [0.05, 0.1) is 9.92 Å². The molecule has 0 spiro atoms. The third-order valence-electron chi connectivity index (χ3n) is 2.93. The fraction of sp³-hybridized carbons (Fsp3) is 0.455. The molecule has 0 radical (unpaired) electrons. The van der Waals surface area contributed by atoms with E-state index in [2.05, 4.69) is 12.2 Å². The first-order valence-corrected chi connectivity index (χ1v) is 7.40. The number of hydrogen-bond acceptors (Lipinski definition) is 3. The number of nitrogens with one attached hydrogen (secondary N) is 1. The molecule has 1 N–H and O–H groups in total. The number of benzene rings is 1. The van der Waals surface area contributed by atoms with E-state index in [-0.39, 0.29) is 4.90 Å². The van der Waals surface area contributed by atoms with Crippen LogP contribution in [0.3, 0.4) is 0 Å². The lowest BCUT2D eigenvalue weighted by atomic mass is 9.92. The van der Waals surface area contributed by atoms with Crippen molar-refractivity contribution in [2.24, 2.45) is 0 Å². The van der Waals surface area contributed by atoms with Crippen LogP contribution in [0.25, 0.3) is 0 Å². The van der Waals surface area contributed by atoms with Crippen molar-refractivity contribution in [3.8, 4) is 0 Å². The summed E-state index contributed by atoms with van der Waals surface area (Å²) in [6.07, 6.45) is 1.18. The van der Waals surface area contributed by atoms with Gasteiger partial charge in [0.1, 0.15) is 0 Å². The van der Waals surface area contributed by atoms with Crippen LogP contribution in [0.4, 0.5) is 0 Å². The fourth-order valence-electron chi connectivity index (χ4n) is 2.07. The summed E-state index contributed by atoms with van der Waals surface area (Å²) < 4.78 is 23.0. The van der Waals surface area contributed by atoms with E-state index < -0.39 is 9.84 Å². The highest BCUT2D eigenvalue weighted by atomic mass is 35.5. The second-order valence-electron chi connectivity index (χ2n) is 4.25. The van der Waals surface area contributed by atoms with Gasteiger partial charge in [-0.25, -0.2) is 8.42 Å². The van der Waals surface area contributed by atoms with Gasteiger partial charge in [-0.1, -0.05) is 24.6 Å². The van der Waals surface area contributed by atoms with Crippen LogP contribution < -0.4 is 5.32 Å². The van der Waals surface area contributed by atoms with Crippen molar-refractivity contribution >= 4 is 21.4 Å². The normalized spacial score (nSPS) is 20.6. The molecule has 88 valence electrons. The molecule has 0 amide bonds. The number of fused-ring (bicyclic) bond motifs is 1. The van der Waals surface area contributed by atoms with Crippen molar-refractivity contribution in [2.45, 2.75) is 24.3 Å². The first-order chi connectivity index (χ1) is 7.41. The molecule has 2 rings (SSSR count). The molecule has 0 aliphatic carbocycles. The van der Waals surface area contributed by atoms with Gasteiger partial charge >= 0.3 is 0 Å². The Balaban J connectivity index is 2.65. The first-order valence-electron chi connectivity index (χ1n) is 5.13. The van der Waals surface area contributed by atoms with Crippen molar-refractivity contribution in [3.05, 3.63) is 28.3 Å². The molecular weight excluding hydrogens is 246 g/mol. The SMILES string of the molecule is CC1CNCc2c1ccc(S(C)(=O)=O)c2Cl. The molecular formula is C11H14ClNO2S. The zero-order valence-corrected chi connectivity index (χ0v) is 10.8. The third-order valence-corrected chi connectivity index (χ3v) is 4.61. The van der Waals surface area contributed by atoms with E-state index in [9.17, 15) is 8.42 Å². The van der Waals surface area contributed by atoms with E-state index in [1.807, 2.05) is 6.07 Å². The van der Waals surface area contributed by atoms with Gasteiger partial charge in [-0.3, -0.25) is 0 Å². The highest BCUT2D eigenvalue weighted by Crippen LogP contribution is 2.33. The molecule has 0 saturated carbocycles. The quantitative estimate of drug-likeness (QED) is 0.839. The number of halogens is 1.